The minimum Gasteiger partial charge on any atom is -0.393 e. The van der Waals surface area contributed by atoms with E-state index in [1.807, 2.05) is 0 Å². The first-order chi connectivity index (χ1) is 10.4. The Morgan fingerprint density at radius 3 is 2.55 bits per heavy atom. The van der Waals surface area contributed by atoms with Gasteiger partial charge in [-0.3, -0.25) is 0 Å². The Hall–Kier alpha value is -0.340. The second-order valence-electron chi connectivity index (χ2n) is 9.22. The van der Waals surface area contributed by atoms with Crippen molar-refractivity contribution < 1.29 is 10.2 Å². The van der Waals surface area contributed by atoms with Gasteiger partial charge in [0, 0.05) is 5.92 Å². The Labute approximate surface area is 135 Å². The molecule has 3 saturated carbocycles. The first-order valence-corrected chi connectivity index (χ1v) is 9.44. The van der Waals surface area contributed by atoms with Crippen molar-refractivity contribution in [2.45, 2.75) is 77.9 Å². The van der Waals surface area contributed by atoms with Gasteiger partial charge in [0.15, 0.2) is 0 Å². The van der Waals surface area contributed by atoms with E-state index in [1.54, 1.807) is 5.57 Å². The molecule has 0 radical (unpaired) electrons. The van der Waals surface area contributed by atoms with Gasteiger partial charge in [-0.25, -0.2) is 0 Å². The largest absolute Gasteiger partial charge is 0.393 e. The number of hydrogen-bond acceptors (Lipinski definition) is 2. The Bertz CT molecular complexity index is 498. The van der Waals surface area contributed by atoms with E-state index in [1.165, 1.54) is 25.7 Å². The van der Waals surface area contributed by atoms with E-state index >= 15 is 0 Å². The molecule has 0 amide bonds. The van der Waals surface area contributed by atoms with Crippen molar-refractivity contribution in [3.63, 3.8) is 0 Å². The number of rotatable bonds is 0. The van der Waals surface area contributed by atoms with Crippen molar-refractivity contribution in [3.05, 3.63) is 11.6 Å². The molecule has 22 heavy (non-hydrogen) atoms. The molecule has 0 saturated heterocycles. The summed E-state index contributed by atoms with van der Waals surface area (Å²) in [7, 11) is 0. The summed E-state index contributed by atoms with van der Waals surface area (Å²) < 4.78 is 0. The molecule has 0 unspecified atom stereocenters. The Morgan fingerprint density at radius 2 is 1.77 bits per heavy atom. The van der Waals surface area contributed by atoms with Crippen molar-refractivity contribution in [2.24, 2.45) is 34.5 Å². The maximum absolute atomic E-state index is 10.5. The minimum absolute atomic E-state index is 0.0799. The predicted octanol–water partition coefficient (Wildman–Crippen LogP) is 3.92. The van der Waals surface area contributed by atoms with Crippen LogP contribution in [0.1, 0.15) is 65.7 Å². The summed E-state index contributed by atoms with van der Waals surface area (Å²) in [6.45, 7) is 7.05. The molecule has 0 aliphatic heterocycles. The van der Waals surface area contributed by atoms with Crippen molar-refractivity contribution >= 4 is 0 Å². The summed E-state index contributed by atoms with van der Waals surface area (Å²) in [5, 5.41) is 20.8. The average Bonchev–Trinajstić information content (AvgIpc) is 2.79. The number of allylic oxidation sites excluding steroid dienone is 1. The molecule has 0 aromatic rings. The first-order valence-electron chi connectivity index (χ1n) is 9.44. The minimum atomic E-state index is -0.141. The van der Waals surface area contributed by atoms with Gasteiger partial charge >= 0.3 is 0 Å². The third-order valence-corrected chi connectivity index (χ3v) is 8.50. The van der Waals surface area contributed by atoms with Gasteiger partial charge in [-0.2, -0.15) is 0 Å². The van der Waals surface area contributed by atoms with Gasteiger partial charge in [0.05, 0.1) is 12.2 Å². The van der Waals surface area contributed by atoms with E-state index in [4.69, 9.17) is 0 Å². The maximum Gasteiger partial charge on any atom is 0.0603 e. The lowest BCUT2D eigenvalue weighted by molar-refractivity contribution is -0.0764. The van der Waals surface area contributed by atoms with Gasteiger partial charge in [-0.15, -0.1) is 0 Å². The van der Waals surface area contributed by atoms with E-state index in [9.17, 15) is 10.2 Å². The lowest BCUT2D eigenvalue weighted by atomic mass is 9.47. The third kappa shape index (κ3) is 1.80. The van der Waals surface area contributed by atoms with Crippen LogP contribution in [0.15, 0.2) is 11.6 Å². The van der Waals surface area contributed by atoms with Crippen molar-refractivity contribution in [1.29, 1.82) is 0 Å². The molecule has 2 heteroatoms. The fourth-order valence-electron chi connectivity index (χ4n) is 7.03. The SMILES string of the molecule is C[C@H]1C2=CC[C@H]3[C@@H]4CC[C@@H](O)[C@@]4(C)CC[C@@H]3[C@@]2(C)CC[C@@H]1O. The van der Waals surface area contributed by atoms with Crippen molar-refractivity contribution in [2.75, 3.05) is 0 Å². The lowest BCUT2D eigenvalue weighted by Gasteiger charge is -2.58. The fraction of sp³-hybridized carbons (Fsp3) is 0.900. The van der Waals surface area contributed by atoms with Crippen LogP contribution >= 0.6 is 0 Å². The second kappa shape index (κ2) is 4.83. The molecule has 4 rings (SSSR count). The van der Waals surface area contributed by atoms with Crippen LogP contribution in [0.3, 0.4) is 0 Å². The fourth-order valence-corrected chi connectivity index (χ4v) is 7.03. The molecule has 0 bridgehead atoms. The normalized spacial score (nSPS) is 57.6. The molecule has 4 aliphatic carbocycles. The maximum atomic E-state index is 10.5. The highest BCUT2D eigenvalue weighted by atomic mass is 16.3. The van der Waals surface area contributed by atoms with Crippen molar-refractivity contribution in [3.8, 4) is 0 Å². The van der Waals surface area contributed by atoms with Gasteiger partial charge < -0.3 is 10.2 Å². The zero-order valence-corrected chi connectivity index (χ0v) is 14.4. The summed E-state index contributed by atoms with van der Waals surface area (Å²) in [5.74, 6) is 2.57. The van der Waals surface area contributed by atoms with Crippen LogP contribution in [0.4, 0.5) is 0 Å². The highest BCUT2D eigenvalue weighted by Crippen LogP contribution is 2.65. The molecule has 0 spiro atoms. The molecule has 0 heterocycles. The predicted molar refractivity (Wildman–Crippen MR) is 88.3 cm³/mol. The van der Waals surface area contributed by atoms with E-state index in [0.29, 0.717) is 17.3 Å². The molecule has 0 aromatic heterocycles. The summed E-state index contributed by atoms with van der Waals surface area (Å²) in [6, 6.07) is 0. The van der Waals surface area contributed by atoms with Crippen LogP contribution in [-0.4, -0.2) is 22.4 Å². The first kappa shape index (κ1) is 15.2. The van der Waals surface area contributed by atoms with Gasteiger partial charge in [0.1, 0.15) is 0 Å². The van der Waals surface area contributed by atoms with Crippen LogP contribution in [0, 0.1) is 34.5 Å². The number of aliphatic hydroxyl groups is 2. The smallest absolute Gasteiger partial charge is 0.0603 e. The topological polar surface area (TPSA) is 40.5 Å². The Kier molecular flexibility index (Phi) is 3.34. The summed E-state index contributed by atoms with van der Waals surface area (Å²) in [5.41, 5.74) is 2.02. The molecular formula is C20H32O2. The van der Waals surface area contributed by atoms with Gasteiger partial charge in [0.25, 0.3) is 0 Å². The summed E-state index contributed by atoms with van der Waals surface area (Å²) >= 11 is 0. The van der Waals surface area contributed by atoms with Crippen LogP contribution in [0.25, 0.3) is 0 Å². The quantitative estimate of drug-likeness (QED) is 0.666. The summed E-state index contributed by atoms with van der Waals surface area (Å²) in [4.78, 5) is 0. The highest BCUT2D eigenvalue weighted by molar-refractivity contribution is 5.27. The van der Waals surface area contributed by atoms with Crippen LogP contribution in [0.5, 0.6) is 0 Å². The molecule has 4 aliphatic rings. The van der Waals surface area contributed by atoms with Gasteiger partial charge in [-0.1, -0.05) is 32.4 Å². The highest BCUT2D eigenvalue weighted by Gasteiger charge is 2.59. The Balaban J connectivity index is 1.70. The molecule has 8 atom stereocenters. The third-order valence-electron chi connectivity index (χ3n) is 8.50. The number of hydrogen-bond donors (Lipinski definition) is 2. The standard InChI is InChI=1S/C20H32O2/c1-12-14-5-4-13-15-6-7-18(22)20(15,3)10-8-16(13)19(14,2)11-9-17(12)21/h5,12-13,15-18,21-22H,4,6-11H2,1-3H3/t12-,13-,15-,16-,17-,18+,19-,20-/m0/s1. The molecule has 2 N–H and O–H groups in total. The number of fused-ring (bicyclic) bond motifs is 5. The average molecular weight is 304 g/mol. The van der Waals surface area contributed by atoms with Crippen LogP contribution in [-0.2, 0) is 0 Å². The van der Waals surface area contributed by atoms with E-state index in [0.717, 1.165) is 31.1 Å². The number of aliphatic hydroxyl groups excluding tert-OH is 2. The zero-order chi connectivity index (χ0) is 15.7. The van der Waals surface area contributed by atoms with Crippen molar-refractivity contribution in [1.82, 2.24) is 0 Å². The van der Waals surface area contributed by atoms with Crippen LogP contribution in [0.2, 0.25) is 0 Å². The molecular weight excluding hydrogens is 272 g/mol. The van der Waals surface area contributed by atoms with Gasteiger partial charge in [0.2, 0.25) is 0 Å². The summed E-state index contributed by atoms with van der Waals surface area (Å²) in [6.07, 6.45) is 10.3. The Morgan fingerprint density at radius 1 is 1.00 bits per heavy atom. The van der Waals surface area contributed by atoms with Gasteiger partial charge in [-0.05, 0) is 73.5 Å². The molecule has 0 aromatic carbocycles. The molecule has 3 fully saturated rings. The second-order valence-corrected chi connectivity index (χ2v) is 9.22. The lowest BCUT2D eigenvalue weighted by Crippen LogP contribution is -2.52. The van der Waals surface area contributed by atoms with Crippen LogP contribution < -0.4 is 0 Å². The van der Waals surface area contributed by atoms with E-state index < -0.39 is 0 Å². The van der Waals surface area contributed by atoms with E-state index in [2.05, 4.69) is 26.8 Å². The van der Waals surface area contributed by atoms with E-state index in [-0.39, 0.29) is 17.6 Å². The molecule has 2 nitrogen and oxygen atoms in total. The monoisotopic (exact) mass is 304 g/mol. The molecule has 124 valence electrons. The zero-order valence-electron chi connectivity index (χ0n) is 14.4.